The number of nitrogens with one attached hydrogen (secondary N) is 2. The number of anilines is 1. The van der Waals surface area contributed by atoms with Crippen LogP contribution in [0.1, 0.15) is 18.6 Å². The summed E-state index contributed by atoms with van der Waals surface area (Å²) < 4.78 is 16.1. The molecule has 3 rings (SSSR count). The molecule has 1 fully saturated rings. The van der Waals surface area contributed by atoms with Crippen molar-refractivity contribution < 1.29 is 18.7 Å². The van der Waals surface area contributed by atoms with E-state index in [9.17, 15) is 4.79 Å². The second-order valence-electron chi connectivity index (χ2n) is 5.38. The zero-order chi connectivity index (χ0) is 15.9. The van der Waals surface area contributed by atoms with Crippen molar-refractivity contribution in [3.8, 4) is 5.75 Å². The van der Waals surface area contributed by atoms with Crippen LogP contribution in [0.3, 0.4) is 0 Å². The number of benzene rings is 1. The van der Waals surface area contributed by atoms with Gasteiger partial charge in [0.05, 0.1) is 6.26 Å². The topological polar surface area (TPSA) is 72.7 Å². The zero-order valence-electron chi connectivity index (χ0n) is 12.8. The number of urea groups is 1. The second-order valence-corrected chi connectivity index (χ2v) is 5.38. The van der Waals surface area contributed by atoms with Crippen LogP contribution >= 0.6 is 0 Å². The summed E-state index contributed by atoms with van der Waals surface area (Å²) >= 11 is 0. The summed E-state index contributed by atoms with van der Waals surface area (Å²) in [6.07, 6.45) is 3.32. The van der Waals surface area contributed by atoms with Crippen molar-refractivity contribution in [2.45, 2.75) is 25.5 Å². The fourth-order valence-corrected chi connectivity index (χ4v) is 2.38. The molecular weight excluding hydrogens is 296 g/mol. The minimum atomic E-state index is -0.193. The van der Waals surface area contributed by atoms with Gasteiger partial charge in [-0.3, -0.25) is 0 Å². The zero-order valence-corrected chi connectivity index (χ0v) is 12.8. The highest BCUT2D eigenvalue weighted by atomic mass is 16.5. The van der Waals surface area contributed by atoms with Gasteiger partial charge in [-0.1, -0.05) is 0 Å². The lowest BCUT2D eigenvalue weighted by Gasteiger charge is -2.23. The number of hydrogen-bond donors (Lipinski definition) is 2. The molecule has 0 aliphatic carbocycles. The Kier molecular flexibility index (Phi) is 5.16. The van der Waals surface area contributed by atoms with E-state index in [0.717, 1.165) is 30.0 Å². The lowest BCUT2D eigenvalue weighted by atomic mass is 10.1. The average molecular weight is 316 g/mol. The highest BCUT2D eigenvalue weighted by Crippen LogP contribution is 2.17. The average Bonchev–Trinajstić information content (AvgIpc) is 3.08. The number of hydrogen-bond acceptors (Lipinski definition) is 4. The maximum Gasteiger partial charge on any atom is 0.319 e. The van der Waals surface area contributed by atoms with E-state index >= 15 is 0 Å². The molecule has 0 atom stereocenters. The molecule has 0 saturated carbocycles. The van der Waals surface area contributed by atoms with Crippen LogP contribution in [0.2, 0.25) is 0 Å². The Morgan fingerprint density at radius 1 is 1.17 bits per heavy atom. The molecule has 2 amide bonds. The van der Waals surface area contributed by atoms with Gasteiger partial charge in [-0.25, -0.2) is 4.79 Å². The molecule has 1 saturated heterocycles. The predicted octanol–water partition coefficient (Wildman–Crippen LogP) is 3.16. The first kappa shape index (κ1) is 15.4. The number of furan rings is 1. The van der Waals surface area contributed by atoms with Crippen molar-refractivity contribution in [3.05, 3.63) is 48.4 Å². The number of carbonyl (C=O) groups is 1. The molecule has 23 heavy (non-hydrogen) atoms. The molecule has 1 aliphatic heterocycles. The van der Waals surface area contributed by atoms with Gasteiger partial charge in [0.2, 0.25) is 0 Å². The monoisotopic (exact) mass is 316 g/mol. The van der Waals surface area contributed by atoms with Gasteiger partial charge in [0.1, 0.15) is 18.1 Å². The van der Waals surface area contributed by atoms with E-state index in [1.165, 1.54) is 0 Å². The van der Waals surface area contributed by atoms with Crippen molar-refractivity contribution in [2.75, 3.05) is 18.5 Å². The Labute approximate surface area is 134 Å². The molecule has 2 aromatic rings. The Balaban J connectivity index is 1.45. The third-order valence-electron chi connectivity index (χ3n) is 3.63. The summed E-state index contributed by atoms with van der Waals surface area (Å²) in [5.74, 6) is 1.49. The van der Waals surface area contributed by atoms with Gasteiger partial charge in [0.25, 0.3) is 0 Å². The summed E-state index contributed by atoms with van der Waals surface area (Å²) in [6, 6.07) is 10.9. The van der Waals surface area contributed by atoms with E-state index in [1.807, 2.05) is 24.3 Å². The molecule has 2 N–H and O–H groups in total. The van der Waals surface area contributed by atoms with Crippen molar-refractivity contribution in [1.82, 2.24) is 5.32 Å². The first-order valence-corrected chi connectivity index (χ1v) is 7.70. The summed E-state index contributed by atoms with van der Waals surface area (Å²) in [4.78, 5) is 11.9. The van der Waals surface area contributed by atoms with Gasteiger partial charge >= 0.3 is 6.03 Å². The molecule has 2 heterocycles. The minimum Gasteiger partial charge on any atom is -0.486 e. The highest BCUT2D eigenvalue weighted by Gasteiger charge is 2.15. The molecule has 6 nitrogen and oxygen atoms in total. The van der Waals surface area contributed by atoms with Crippen LogP contribution in [-0.2, 0) is 11.3 Å². The Morgan fingerprint density at radius 3 is 2.65 bits per heavy atom. The quantitative estimate of drug-likeness (QED) is 0.889. The Bertz CT molecular complexity index is 604. The van der Waals surface area contributed by atoms with Crippen LogP contribution in [0, 0.1) is 0 Å². The van der Waals surface area contributed by atoms with E-state index in [2.05, 4.69) is 10.6 Å². The van der Waals surface area contributed by atoms with Gasteiger partial charge in [0.15, 0.2) is 0 Å². The smallest absolute Gasteiger partial charge is 0.319 e. The van der Waals surface area contributed by atoms with Crippen LogP contribution in [0.5, 0.6) is 5.75 Å². The third-order valence-corrected chi connectivity index (χ3v) is 3.63. The van der Waals surface area contributed by atoms with Crippen LogP contribution < -0.4 is 15.4 Å². The minimum absolute atomic E-state index is 0.180. The van der Waals surface area contributed by atoms with Gasteiger partial charge in [-0.05, 0) is 49.2 Å². The normalized spacial score (nSPS) is 15.1. The molecular formula is C17H20N2O4. The first-order valence-electron chi connectivity index (χ1n) is 7.70. The fraction of sp³-hybridized carbons (Fsp3) is 0.353. The van der Waals surface area contributed by atoms with Crippen molar-refractivity contribution in [2.24, 2.45) is 0 Å². The number of amides is 2. The maximum absolute atomic E-state index is 11.9. The number of ether oxygens (including phenoxy) is 2. The summed E-state index contributed by atoms with van der Waals surface area (Å²) in [7, 11) is 0. The summed E-state index contributed by atoms with van der Waals surface area (Å²) in [6.45, 7) is 1.78. The molecule has 122 valence electrons. The lowest BCUT2D eigenvalue weighted by Crippen LogP contribution is -2.41. The molecule has 1 aliphatic rings. The van der Waals surface area contributed by atoms with Gasteiger partial charge < -0.3 is 24.5 Å². The maximum atomic E-state index is 11.9. The van der Waals surface area contributed by atoms with Gasteiger partial charge in [-0.2, -0.15) is 0 Å². The molecule has 0 unspecified atom stereocenters. The van der Waals surface area contributed by atoms with E-state index in [4.69, 9.17) is 13.9 Å². The first-order chi connectivity index (χ1) is 11.3. The molecule has 0 radical (unpaired) electrons. The predicted molar refractivity (Wildman–Crippen MR) is 85.5 cm³/mol. The van der Waals surface area contributed by atoms with E-state index in [1.54, 1.807) is 18.4 Å². The van der Waals surface area contributed by atoms with Crippen molar-refractivity contribution in [1.29, 1.82) is 0 Å². The largest absolute Gasteiger partial charge is 0.486 e. The second kappa shape index (κ2) is 7.69. The highest BCUT2D eigenvalue weighted by molar-refractivity contribution is 5.89. The molecule has 6 heteroatoms. The summed E-state index contributed by atoms with van der Waals surface area (Å²) in [5.41, 5.74) is 0.722. The number of rotatable bonds is 5. The fourth-order valence-electron chi connectivity index (χ4n) is 2.38. The van der Waals surface area contributed by atoms with Crippen molar-refractivity contribution >= 4 is 11.7 Å². The van der Waals surface area contributed by atoms with Crippen LogP contribution in [0.15, 0.2) is 47.1 Å². The van der Waals surface area contributed by atoms with Gasteiger partial charge in [0, 0.05) is 24.9 Å². The SMILES string of the molecule is O=C(Nc1ccc(OCc2ccco2)cc1)NC1CCOCC1. The van der Waals surface area contributed by atoms with E-state index in [-0.39, 0.29) is 12.1 Å². The third kappa shape index (κ3) is 4.75. The Hall–Kier alpha value is -2.47. The molecule has 1 aromatic carbocycles. The summed E-state index contributed by atoms with van der Waals surface area (Å²) in [5, 5.41) is 5.77. The molecule has 0 bridgehead atoms. The van der Waals surface area contributed by atoms with Crippen LogP contribution in [0.4, 0.5) is 10.5 Å². The van der Waals surface area contributed by atoms with Gasteiger partial charge in [-0.15, -0.1) is 0 Å². The molecule has 0 spiro atoms. The Morgan fingerprint density at radius 2 is 1.96 bits per heavy atom. The molecule has 1 aromatic heterocycles. The van der Waals surface area contributed by atoms with Crippen LogP contribution in [-0.4, -0.2) is 25.3 Å². The van der Waals surface area contributed by atoms with E-state index < -0.39 is 0 Å². The van der Waals surface area contributed by atoms with E-state index in [0.29, 0.717) is 19.8 Å². The lowest BCUT2D eigenvalue weighted by molar-refractivity contribution is 0.0806. The van der Waals surface area contributed by atoms with Crippen LogP contribution in [0.25, 0.3) is 0 Å². The standard InChI is InChI=1S/C17H20N2O4/c20-17(19-14-7-10-21-11-8-14)18-13-3-5-15(6-4-13)23-12-16-2-1-9-22-16/h1-6,9,14H,7-8,10-12H2,(H2,18,19,20). The number of carbonyl (C=O) groups excluding carboxylic acids is 1. The van der Waals surface area contributed by atoms with Crippen molar-refractivity contribution in [3.63, 3.8) is 0 Å².